The molecule has 0 aromatic carbocycles. The van der Waals surface area contributed by atoms with Crippen LogP contribution < -0.4 is 10.2 Å². The van der Waals surface area contributed by atoms with Gasteiger partial charge in [-0.3, -0.25) is 4.79 Å². The summed E-state index contributed by atoms with van der Waals surface area (Å²) < 4.78 is 0.798. The van der Waals surface area contributed by atoms with E-state index in [9.17, 15) is 4.79 Å². The minimum Gasteiger partial charge on any atom is -0.359 e. The van der Waals surface area contributed by atoms with Gasteiger partial charge in [0, 0.05) is 27.1 Å². The summed E-state index contributed by atoms with van der Waals surface area (Å²) in [5.41, 5.74) is 0. The van der Waals surface area contributed by atoms with E-state index in [1.165, 1.54) is 0 Å². The first-order valence-corrected chi connectivity index (χ1v) is 5.47. The van der Waals surface area contributed by atoms with E-state index >= 15 is 0 Å². The van der Waals surface area contributed by atoms with Crippen LogP contribution in [0.3, 0.4) is 0 Å². The van der Waals surface area contributed by atoms with Crippen molar-refractivity contribution in [2.75, 3.05) is 25.5 Å². The van der Waals surface area contributed by atoms with Crippen LogP contribution in [-0.4, -0.2) is 31.5 Å². The number of aromatic nitrogens is 1. The lowest BCUT2D eigenvalue weighted by molar-refractivity contribution is -0.120. The maximum absolute atomic E-state index is 11.0. The van der Waals surface area contributed by atoms with Crippen molar-refractivity contribution in [3.63, 3.8) is 0 Å². The Kier molecular flexibility index (Phi) is 4.55. The van der Waals surface area contributed by atoms with E-state index in [0.717, 1.165) is 10.4 Å². The summed E-state index contributed by atoms with van der Waals surface area (Å²) in [6.45, 7) is 0.656. The fourth-order valence-electron chi connectivity index (χ4n) is 1.12. The molecular formula is C10H14BrN3O. The normalized spacial score (nSPS) is 9.80. The van der Waals surface area contributed by atoms with Crippen molar-refractivity contribution in [1.82, 2.24) is 10.3 Å². The molecule has 1 N–H and O–H groups in total. The Balaban J connectivity index is 2.53. The lowest BCUT2D eigenvalue weighted by Crippen LogP contribution is -2.26. The Labute approximate surface area is 97.8 Å². The molecule has 1 aromatic rings. The van der Waals surface area contributed by atoms with Crippen LogP contribution in [0, 0.1) is 0 Å². The Bertz CT molecular complexity index is 343. The van der Waals surface area contributed by atoms with Crippen LogP contribution in [0.2, 0.25) is 0 Å². The van der Waals surface area contributed by atoms with Crippen LogP contribution in [0.25, 0.3) is 0 Å². The van der Waals surface area contributed by atoms with Crippen molar-refractivity contribution < 1.29 is 4.79 Å². The summed E-state index contributed by atoms with van der Waals surface area (Å²) in [5, 5.41) is 2.59. The van der Waals surface area contributed by atoms with Gasteiger partial charge in [-0.05, 0) is 28.1 Å². The van der Waals surface area contributed by atoms with Crippen molar-refractivity contribution in [1.29, 1.82) is 0 Å². The molecule has 0 atom stereocenters. The molecule has 0 bridgehead atoms. The van der Waals surface area contributed by atoms with E-state index in [2.05, 4.69) is 26.2 Å². The quantitative estimate of drug-likeness (QED) is 0.843. The van der Waals surface area contributed by atoms with Crippen LogP contribution in [0.5, 0.6) is 0 Å². The van der Waals surface area contributed by atoms with Gasteiger partial charge in [0.15, 0.2) is 0 Å². The number of hydrogen-bond donors (Lipinski definition) is 1. The monoisotopic (exact) mass is 271 g/mol. The van der Waals surface area contributed by atoms with Gasteiger partial charge in [0.25, 0.3) is 0 Å². The summed E-state index contributed by atoms with van der Waals surface area (Å²) in [6.07, 6.45) is 0.473. The molecule has 5 heteroatoms. The molecule has 1 rings (SSSR count). The number of carbonyl (C=O) groups excluding carboxylic acids is 1. The minimum atomic E-state index is 0.0387. The van der Waals surface area contributed by atoms with Gasteiger partial charge >= 0.3 is 0 Å². The Morgan fingerprint density at radius 3 is 2.93 bits per heavy atom. The Morgan fingerprint density at radius 2 is 2.33 bits per heavy atom. The van der Waals surface area contributed by atoms with E-state index in [1.807, 2.05) is 30.1 Å². The molecule has 1 heterocycles. The number of hydrogen-bond acceptors (Lipinski definition) is 3. The van der Waals surface area contributed by atoms with E-state index < -0.39 is 0 Å². The second-order valence-corrected chi connectivity index (χ2v) is 3.98. The fraction of sp³-hybridized carbons (Fsp3) is 0.400. The Hall–Kier alpha value is -1.10. The number of nitrogens with one attached hydrogen (secondary N) is 1. The van der Waals surface area contributed by atoms with Crippen LogP contribution in [0.4, 0.5) is 5.82 Å². The third kappa shape index (κ3) is 3.87. The van der Waals surface area contributed by atoms with E-state index in [-0.39, 0.29) is 5.91 Å². The van der Waals surface area contributed by atoms with Crippen molar-refractivity contribution in [3.8, 4) is 0 Å². The maximum Gasteiger partial charge on any atom is 0.221 e. The molecule has 4 nitrogen and oxygen atoms in total. The van der Waals surface area contributed by atoms with E-state index in [1.54, 1.807) is 7.05 Å². The van der Waals surface area contributed by atoms with Gasteiger partial charge in [-0.1, -0.05) is 6.07 Å². The highest BCUT2D eigenvalue weighted by Crippen LogP contribution is 2.13. The number of carbonyl (C=O) groups is 1. The number of halogens is 1. The van der Waals surface area contributed by atoms with Gasteiger partial charge in [0.05, 0.1) is 0 Å². The molecule has 82 valence electrons. The molecule has 0 spiro atoms. The van der Waals surface area contributed by atoms with Crippen molar-refractivity contribution in [3.05, 3.63) is 22.8 Å². The zero-order chi connectivity index (χ0) is 11.3. The number of pyridine rings is 1. The molecule has 0 saturated heterocycles. The first-order valence-electron chi connectivity index (χ1n) is 4.67. The highest BCUT2D eigenvalue weighted by Gasteiger charge is 2.05. The lowest BCUT2D eigenvalue weighted by atomic mass is 10.3. The maximum atomic E-state index is 11.0. The van der Waals surface area contributed by atoms with Gasteiger partial charge in [-0.2, -0.15) is 0 Å². The molecule has 1 aromatic heterocycles. The first kappa shape index (κ1) is 12.0. The van der Waals surface area contributed by atoms with Crippen LogP contribution in [0.1, 0.15) is 6.42 Å². The molecular weight excluding hydrogens is 258 g/mol. The molecule has 15 heavy (non-hydrogen) atoms. The Morgan fingerprint density at radius 1 is 1.60 bits per heavy atom. The lowest BCUT2D eigenvalue weighted by Gasteiger charge is -2.17. The van der Waals surface area contributed by atoms with Crippen molar-refractivity contribution >= 4 is 27.7 Å². The van der Waals surface area contributed by atoms with Crippen LogP contribution in [0.15, 0.2) is 22.8 Å². The van der Waals surface area contributed by atoms with Crippen LogP contribution in [-0.2, 0) is 4.79 Å². The highest BCUT2D eigenvalue weighted by molar-refractivity contribution is 9.10. The molecule has 1 amide bonds. The molecule has 0 aliphatic heterocycles. The van der Waals surface area contributed by atoms with Crippen molar-refractivity contribution in [2.24, 2.45) is 0 Å². The third-order valence-corrected chi connectivity index (χ3v) is 2.49. The van der Waals surface area contributed by atoms with Gasteiger partial charge in [-0.25, -0.2) is 4.98 Å². The predicted molar refractivity (Wildman–Crippen MR) is 63.9 cm³/mol. The van der Waals surface area contributed by atoms with Gasteiger partial charge in [0.2, 0.25) is 5.91 Å². The molecule has 0 aliphatic carbocycles. The second-order valence-electron chi connectivity index (χ2n) is 3.16. The molecule has 0 unspecified atom stereocenters. The smallest absolute Gasteiger partial charge is 0.221 e. The summed E-state index contributed by atoms with van der Waals surface area (Å²) >= 11 is 3.31. The number of amides is 1. The van der Waals surface area contributed by atoms with Gasteiger partial charge in [0.1, 0.15) is 10.4 Å². The summed E-state index contributed by atoms with van der Waals surface area (Å²) in [6, 6.07) is 5.70. The summed E-state index contributed by atoms with van der Waals surface area (Å²) in [4.78, 5) is 17.3. The van der Waals surface area contributed by atoms with Gasteiger partial charge < -0.3 is 10.2 Å². The van der Waals surface area contributed by atoms with E-state index in [0.29, 0.717) is 13.0 Å². The summed E-state index contributed by atoms with van der Waals surface area (Å²) in [5.74, 6) is 0.894. The van der Waals surface area contributed by atoms with E-state index in [4.69, 9.17) is 0 Å². The molecule has 0 radical (unpaired) electrons. The SMILES string of the molecule is CNC(=O)CCN(C)c1cccc(Br)n1. The molecule has 0 aliphatic rings. The average Bonchev–Trinajstić information content (AvgIpc) is 2.25. The number of nitrogens with zero attached hydrogens (tertiary/aromatic N) is 2. The summed E-state index contributed by atoms with van der Waals surface area (Å²) in [7, 11) is 3.55. The standard InChI is InChI=1S/C10H14BrN3O/c1-12-10(15)6-7-14(2)9-5-3-4-8(11)13-9/h3-5H,6-7H2,1-2H3,(H,12,15). The minimum absolute atomic E-state index is 0.0387. The fourth-order valence-corrected chi connectivity index (χ4v) is 1.45. The van der Waals surface area contributed by atoms with Crippen LogP contribution >= 0.6 is 15.9 Å². The van der Waals surface area contributed by atoms with Gasteiger partial charge in [-0.15, -0.1) is 0 Å². The molecule has 0 saturated carbocycles. The second kappa shape index (κ2) is 5.70. The number of rotatable bonds is 4. The third-order valence-electron chi connectivity index (χ3n) is 2.04. The predicted octanol–water partition coefficient (Wildman–Crippen LogP) is 1.42. The zero-order valence-corrected chi connectivity index (χ0v) is 10.4. The number of anilines is 1. The highest BCUT2D eigenvalue weighted by atomic mass is 79.9. The molecule has 0 fully saturated rings. The zero-order valence-electron chi connectivity index (χ0n) is 8.83. The topological polar surface area (TPSA) is 45.2 Å². The average molecular weight is 272 g/mol. The van der Waals surface area contributed by atoms with Crippen molar-refractivity contribution in [2.45, 2.75) is 6.42 Å². The first-order chi connectivity index (χ1) is 7.13. The largest absolute Gasteiger partial charge is 0.359 e.